The van der Waals surface area contributed by atoms with E-state index in [1.165, 1.54) is 0 Å². The molecule has 0 aliphatic carbocycles. The van der Waals surface area contributed by atoms with Gasteiger partial charge in [0.25, 0.3) is 5.78 Å². The highest BCUT2D eigenvalue weighted by molar-refractivity contribution is 5.39. The fourth-order valence-corrected chi connectivity index (χ4v) is 1.27. The molecule has 2 aromatic rings. The Morgan fingerprint density at radius 1 is 1.15 bits per heavy atom. The topological polar surface area (TPSA) is 69.1 Å². The molecule has 0 unspecified atom stereocenters. The number of aryl methyl sites for hydroxylation is 2. The smallest absolute Gasteiger partial charge is 0.254 e. The molecule has 0 atom stereocenters. The molecule has 0 amide bonds. The molecule has 0 saturated heterocycles. The first kappa shape index (κ1) is 7.97. The van der Waals surface area contributed by atoms with Gasteiger partial charge in [-0.1, -0.05) is 0 Å². The average Bonchev–Trinajstić information content (AvgIpc) is 2.42. The van der Waals surface area contributed by atoms with E-state index in [0.717, 1.165) is 17.0 Å². The summed E-state index contributed by atoms with van der Waals surface area (Å²) in [5.74, 6) is 0.832. The molecule has 0 aliphatic rings. The number of aromatic nitrogens is 4. The number of rotatable bonds is 0. The molecular weight excluding hydrogens is 166 g/mol. The number of nitrogens with zero attached hydrogens (tertiary/aromatic N) is 4. The van der Waals surface area contributed by atoms with Gasteiger partial charge in [0.1, 0.15) is 0 Å². The van der Waals surface area contributed by atoms with Gasteiger partial charge in [-0.05, 0) is 26.3 Å². The molecule has 0 saturated carbocycles. The fourth-order valence-electron chi connectivity index (χ4n) is 1.27. The van der Waals surface area contributed by atoms with Crippen molar-refractivity contribution in [2.45, 2.75) is 20.8 Å². The van der Waals surface area contributed by atoms with Crippen LogP contribution in [0.25, 0.3) is 5.78 Å². The van der Waals surface area contributed by atoms with Crippen LogP contribution in [-0.2, 0) is 0 Å². The maximum absolute atomic E-state index is 5.48. The largest absolute Gasteiger partial charge is 0.366 e. The fraction of sp³-hybridized carbons (Fsp3) is 0.375. The van der Waals surface area contributed by atoms with E-state index < -0.39 is 0 Å². The van der Waals surface area contributed by atoms with Crippen molar-refractivity contribution in [3.05, 3.63) is 17.0 Å². The lowest BCUT2D eigenvalue weighted by molar-refractivity contribution is 0.872. The lowest BCUT2D eigenvalue weighted by Gasteiger charge is -2.03. The van der Waals surface area contributed by atoms with Crippen LogP contribution in [0.5, 0.6) is 0 Å². The Hall–Kier alpha value is -1.65. The highest BCUT2D eigenvalue weighted by Gasteiger charge is 2.08. The highest BCUT2D eigenvalue weighted by atomic mass is 15.4. The van der Waals surface area contributed by atoms with Crippen molar-refractivity contribution in [3.63, 3.8) is 0 Å². The zero-order valence-corrected chi connectivity index (χ0v) is 7.87. The maximum atomic E-state index is 5.48. The summed E-state index contributed by atoms with van der Waals surface area (Å²) >= 11 is 0. The molecular formula is C8H11N5. The monoisotopic (exact) mass is 177 g/mol. The van der Waals surface area contributed by atoms with Crippen LogP contribution >= 0.6 is 0 Å². The molecule has 2 aromatic heterocycles. The van der Waals surface area contributed by atoms with E-state index >= 15 is 0 Å². The van der Waals surface area contributed by atoms with Crippen LogP contribution in [0.1, 0.15) is 17.0 Å². The van der Waals surface area contributed by atoms with Gasteiger partial charge in [-0.3, -0.25) is 0 Å². The number of nitrogens with two attached hydrogens (primary N) is 1. The molecule has 0 fully saturated rings. The van der Waals surface area contributed by atoms with Crippen LogP contribution in [0.2, 0.25) is 0 Å². The van der Waals surface area contributed by atoms with Crippen LogP contribution in [0.15, 0.2) is 0 Å². The Kier molecular flexibility index (Phi) is 1.48. The van der Waals surface area contributed by atoms with Crippen molar-refractivity contribution in [2.75, 3.05) is 5.73 Å². The zero-order chi connectivity index (χ0) is 9.59. The van der Waals surface area contributed by atoms with Crippen LogP contribution in [0.4, 0.5) is 5.95 Å². The standard InChI is InChI=1S/C8H11N5/c1-4-5(2)10-8-11-7(9)12-13(8)6(4)3/h1-3H3,(H2,9,12). The van der Waals surface area contributed by atoms with Crippen molar-refractivity contribution in [3.8, 4) is 0 Å². The summed E-state index contributed by atoms with van der Waals surface area (Å²) in [5.41, 5.74) is 8.60. The minimum atomic E-state index is 0.264. The van der Waals surface area contributed by atoms with Crippen molar-refractivity contribution in [2.24, 2.45) is 0 Å². The Bertz CT molecular complexity index is 471. The number of hydrogen-bond acceptors (Lipinski definition) is 4. The SMILES string of the molecule is Cc1nc2nc(N)nn2c(C)c1C. The number of anilines is 1. The first-order valence-corrected chi connectivity index (χ1v) is 4.05. The van der Waals surface area contributed by atoms with Crippen LogP contribution in [-0.4, -0.2) is 19.6 Å². The first-order chi connectivity index (χ1) is 6.09. The molecule has 0 spiro atoms. The second-order valence-corrected chi connectivity index (χ2v) is 3.09. The van der Waals surface area contributed by atoms with Crippen LogP contribution in [0.3, 0.4) is 0 Å². The quantitative estimate of drug-likeness (QED) is 0.640. The zero-order valence-electron chi connectivity index (χ0n) is 7.87. The van der Waals surface area contributed by atoms with E-state index in [9.17, 15) is 0 Å². The van der Waals surface area contributed by atoms with E-state index in [-0.39, 0.29) is 5.95 Å². The first-order valence-electron chi connectivity index (χ1n) is 4.05. The third-order valence-corrected chi connectivity index (χ3v) is 2.28. The summed E-state index contributed by atoms with van der Waals surface area (Å²) in [5, 5.41) is 4.04. The maximum Gasteiger partial charge on any atom is 0.254 e. The molecule has 0 aromatic carbocycles. The third-order valence-electron chi connectivity index (χ3n) is 2.28. The molecule has 0 radical (unpaired) electrons. The second-order valence-electron chi connectivity index (χ2n) is 3.09. The van der Waals surface area contributed by atoms with Gasteiger partial charge in [0.2, 0.25) is 5.95 Å². The molecule has 5 heteroatoms. The minimum Gasteiger partial charge on any atom is -0.366 e. The van der Waals surface area contributed by atoms with E-state index in [1.807, 2.05) is 20.8 Å². The number of hydrogen-bond donors (Lipinski definition) is 1. The van der Waals surface area contributed by atoms with E-state index in [2.05, 4.69) is 15.1 Å². The lowest BCUT2D eigenvalue weighted by Crippen LogP contribution is -2.02. The molecule has 0 aliphatic heterocycles. The molecule has 68 valence electrons. The van der Waals surface area contributed by atoms with Gasteiger partial charge < -0.3 is 5.73 Å². The van der Waals surface area contributed by atoms with E-state index in [1.54, 1.807) is 4.52 Å². The predicted octanol–water partition coefficient (Wildman–Crippen LogP) is 0.632. The summed E-state index contributed by atoms with van der Waals surface area (Å²) in [6.07, 6.45) is 0. The van der Waals surface area contributed by atoms with Gasteiger partial charge in [-0.15, -0.1) is 5.10 Å². The summed E-state index contributed by atoms with van der Waals surface area (Å²) in [6.45, 7) is 5.94. The molecule has 5 nitrogen and oxygen atoms in total. The Morgan fingerprint density at radius 2 is 1.85 bits per heavy atom. The van der Waals surface area contributed by atoms with Gasteiger partial charge in [0, 0.05) is 11.4 Å². The number of fused-ring (bicyclic) bond motifs is 1. The Morgan fingerprint density at radius 3 is 2.54 bits per heavy atom. The summed E-state index contributed by atoms with van der Waals surface area (Å²) in [7, 11) is 0. The third kappa shape index (κ3) is 1.04. The molecule has 2 heterocycles. The van der Waals surface area contributed by atoms with Crippen molar-refractivity contribution in [1.82, 2.24) is 19.6 Å². The molecule has 0 bridgehead atoms. The van der Waals surface area contributed by atoms with Crippen molar-refractivity contribution >= 4 is 11.7 Å². The van der Waals surface area contributed by atoms with Crippen LogP contribution < -0.4 is 5.73 Å². The lowest BCUT2D eigenvalue weighted by atomic mass is 10.2. The second kappa shape index (κ2) is 2.42. The predicted molar refractivity (Wildman–Crippen MR) is 49.4 cm³/mol. The summed E-state index contributed by atoms with van der Waals surface area (Å²) in [6, 6.07) is 0. The summed E-state index contributed by atoms with van der Waals surface area (Å²) in [4.78, 5) is 8.26. The molecule has 2 N–H and O–H groups in total. The van der Waals surface area contributed by atoms with Gasteiger partial charge in [-0.2, -0.15) is 9.50 Å². The van der Waals surface area contributed by atoms with Gasteiger partial charge in [-0.25, -0.2) is 4.98 Å². The molecule has 2 rings (SSSR count). The van der Waals surface area contributed by atoms with Gasteiger partial charge >= 0.3 is 0 Å². The summed E-state index contributed by atoms with van der Waals surface area (Å²) < 4.78 is 1.66. The number of nitrogen functional groups attached to an aromatic ring is 1. The van der Waals surface area contributed by atoms with Crippen molar-refractivity contribution in [1.29, 1.82) is 0 Å². The van der Waals surface area contributed by atoms with Gasteiger partial charge in [0.05, 0.1) is 0 Å². The van der Waals surface area contributed by atoms with E-state index in [0.29, 0.717) is 5.78 Å². The Labute approximate surface area is 75.6 Å². The van der Waals surface area contributed by atoms with Gasteiger partial charge in [0.15, 0.2) is 0 Å². The van der Waals surface area contributed by atoms with Crippen LogP contribution in [0, 0.1) is 20.8 Å². The Balaban J connectivity index is 2.92. The van der Waals surface area contributed by atoms with Crippen molar-refractivity contribution < 1.29 is 0 Å². The molecule has 13 heavy (non-hydrogen) atoms. The normalized spacial score (nSPS) is 11.0. The minimum absolute atomic E-state index is 0.264. The van der Waals surface area contributed by atoms with E-state index in [4.69, 9.17) is 5.73 Å². The average molecular weight is 177 g/mol. The highest BCUT2D eigenvalue weighted by Crippen LogP contribution is 2.11.